The number of hydrogen-bond acceptors (Lipinski definition) is 6. The monoisotopic (exact) mass is 524 g/mol. The van der Waals surface area contributed by atoms with Crippen LogP contribution in [0.25, 0.3) is 0 Å². The van der Waals surface area contributed by atoms with E-state index < -0.39 is 0 Å². The zero-order valence-corrected chi connectivity index (χ0v) is 19.5. The van der Waals surface area contributed by atoms with Crippen LogP contribution in [-0.4, -0.2) is 62.3 Å². The van der Waals surface area contributed by atoms with Gasteiger partial charge in [-0.15, -0.1) is 24.0 Å². The smallest absolute Gasteiger partial charge is 0.193 e. The van der Waals surface area contributed by atoms with Gasteiger partial charge in [0.25, 0.3) is 0 Å². The number of fused-ring (bicyclic) bond motifs is 1. The fourth-order valence-electron chi connectivity index (χ4n) is 3.37. The van der Waals surface area contributed by atoms with Crippen LogP contribution < -0.4 is 25.4 Å². The fourth-order valence-corrected chi connectivity index (χ4v) is 3.37. The minimum atomic E-state index is 0. The van der Waals surface area contributed by atoms with Gasteiger partial charge in [0.1, 0.15) is 5.82 Å². The highest BCUT2D eigenvalue weighted by atomic mass is 127. The number of nitrogens with one attached hydrogen (secondary N) is 1. The van der Waals surface area contributed by atoms with E-state index in [0.29, 0.717) is 25.7 Å². The van der Waals surface area contributed by atoms with Crippen LogP contribution in [0.4, 0.5) is 11.5 Å². The molecule has 8 nitrogen and oxygen atoms in total. The van der Waals surface area contributed by atoms with Crippen molar-refractivity contribution < 1.29 is 9.47 Å². The van der Waals surface area contributed by atoms with Crippen molar-refractivity contribution in [2.24, 2.45) is 10.7 Å². The molecule has 0 amide bonds. The number of piperazine rings is 1. The van der Waals surface area contributed by atoms with Gasteiger partial charge in [-0.3, -0.25) is 0 Å². The van der Waals surface area contributed by atoms with E-state index in [1.165, 1.54) is 0 Å². The summed E-state index contributed by atoms with van der Waals surface area (Å²) in [5.74, 6) is 2.85. The minimum Gasteiger partial charge on any atom is -0.490 e. The van der Waals surface area contributed by atoms with Gasteiger partial charge in [0.05, 0.1) is 19.8 Å². The standard InChI is InChI=1S/C21H28N6O2.HI/c1-26-7-9-27(10-8-26)20-13-16(5-6-23-20)15-24-21(22)25-17-3-4-18-19(14-17)29-12-2-11-28-18;/h3-6,13-14H,2,7-12,15H2,1H3,(H3,22,24,25);1H. The predicted octanol–water partition coefficient (Wildman–Crippen LogP) is 2.54. The minimum absolute atomic E-state index is 0. The molecule has 0 bridgehead atoms. The first-order valence-electron chi connectivity index (χ1n) is 10.0. The van der Waals surface area contributed by atoms with Gasteiger partial charge in [-0.25, -0.2) is 9.98 Å². The van der Waals surface area contributed by atoms with Crippen molar-refractivity contribution in [1.82, 2.24) is 9.88 Å². The molecule has 2 aliphatic heterocycles. The molecule has 3 heterocycles. The van der Waals surface area contributed by atoms with Crippen molar-refractivity contribution in [3.63, 3.8) is 0 Å². The quantitative estimate of drug-likeness (QED) is 0.361. The zero-order chi connectivity index (χ0) is 20.1. The summed E-state index contributed by atoms with van der Waals surface area (Å²) in [6.45, 7) is 5.90. The van der Waals surface area contributed by atoms with Crippen molar-refractivity contribution in [1.29, 1.82) is 0 Å². The summed E-state index contributed by atoms with van der Waals surface area (Å²) >= 11 is 0. The number of likely N-dealkylation sites (N-methyl/N-ethyl adjacent to an activating group) is 1. The number of guanidine groups is 1. The number of nitrogens with zero attached hydrogens (tertiary/aromatic N) is 4. The molecule has 0 radical (unpaired) electrons. The van der Waals surface area contributed by atoms with Crippen molar-refractivity contribution in [3.8, 4) is 11.5 Å². The third kappa shape index (κ3) is 5.88. The molecule has 9 heteroatoms. The van der Waals surface area contributed by atoms with E-state index in [1.807, 2.05) is 30.5 Å². The molecule has 0 atom stereocenters. The summed E-state index contributed by atoms with van der Waals surface area (Å²) < 4.78 is 11.4. The van der Waals surface area contributed by atoms with Gasteiger partial charge in [-0.2, -0.15) is 0 Å². The highest BCUT2D eigenvalue weighted by Crippen LogP contribution is 2.32. The van der Waals surface area contributed by atoms with Gasteiger partial charge in [0.15, 0.2) is 17.5 Å². The Bertz CT molecular complexity index is 870. The third-order valence-electron chi connectivity index (χ3n) is 5.09. The third-order valence-corrected chi connectivity index (χ3v) is 5.09. The summed E-state index contributed by atoms with van der Waals surface area (Å²) in [4.78, 5) is 13.6. The van der Waals surface area contributed by atoms with Crippen LogP contribution in [0.1, 0.15) is 12.0 Å². The summed E-state index contributed by atoms with van der Waals surface area (Å²) in [7, 11) is 2.15. The number of ether oxygens (including phenoxy) is 2. The number of nitrogens with two attached hydrogens (primary N) is 1. The molecule has 1 aromatic carbocycles. The lowest BCUT2D eigenvalue weighted by Crippen LogP contribution is -2.44. The van der Waals surface area contributed by atoms with E-state index in [0.717, 1.165) is 61.2 Å². The van der Waals surface area contributed by atoms with Crippen LogP contribution in [-0.2, 0) is 6.54 Å². The molecule has 2 aliphatic rings. The number of pyridine rings is 1. The van der Waals surface area contributed by atoms with Gasteiger partial charge >= 0.3 is 0 Å². The SMILES string of the molecule is CN1CCN(c2cc(CN=C(N)Nc3ccc4c(c3)OCCCO4)ccn2)CC1.I. The molecule has 30 heavy (non-hydrogen) atoms. The Labute approximate surface area is 194 Å². The maximum atomic E-state index is 6.09. The van der Waals surface area contributed by atoms with E-state index in [2.05, 4.69) is 38.2 Å². The molecule has 1 saturated heterocycles. The number of anilines is 2. The lowest BCUT2D eigenvalue weighted by Gasteiger charge is -2.33. The number of aromatic nitrogens is 1. The Kier molecular flexibility index (Phi) is 7.97. The molecule has 3 N–H and O–H groups in total. The van der Waals surface area contributed by atoms with Crippen molar-refractivity contribution in [3.05, 3.63) is 42.1 Å². The van der Waals surface area contributed by atoms with Crippen molar-refractivity contribution in [2.45, 2.75) is 13.0 Å². The Morgan fingerprint density at radius 2 is 1.87 bits per heavy atom. The first-order chi connectivity index (χ1) is 14.2. The molecular formula is C21H29IN6O2. The molecule has 1 aromatic heterocycles. The first-order valence-corrected chi connectivity index (χ1v) is 10.0. The number of halogens is 1. The second kappa shape index (κ2) is 10.7. The first kappa shape index (κ1) is 22.4. The average Bonchev–Trinajstić information content (AvgIpc) is 2.98. The number of aliphatic imine (C=N–C) groups is 1. The highest BCUT2D eigenvalue weighted by molar-refractivity contribution is 14.0. The lowest BCUT2D eigenvalue weighted by atomic mass is 10.2. The van der Waals surface area contributed by atoms with Crippen LogP contribution in [0.5, 0.6) is 11.5 Å². The van der Waals surface area contributed by atoms with Crippen LogP contribution >= 0.6 is 24.0 Å². The van der Waals surface area contributed by atoms with E-state index in [-0.39, 0.29) is 24.0 Å². The average molecular weight is 524 g/mol. The largest absolute Gasteiger partial charge is 0.490 e. The summed E-state index contributed by atoms with van der Waals surface area (Å²) in [5, 5.41) is 3.13. The molecule has 4 rings (SSSR count). The predicted molar refractivity (Wildman–Crippen MR) is 130 cm³/mol. The van der Waals surface area contributed by atoms with Crippen LogP contribution in [0, 0.1) is 0 Å². The summed E-state index contributed by atoms with van der Waals surface area (Å²) in [5.41, 5.74) is 8.00. The fraction of sp³-hybridized carbons (Fsp3) is 0.429. The lowest BCUT2D eigenvalue weighted by molar-refractivity contribution is 0.297. The molecule has 1 fully saturated rings. The normalized spacial score (nSPS) is 17.1. The maximum absolute atomic E-state index is 6.09. The number of benzene rings is 1. The molecule has 0 saturated carbocycles. The zero-order valence-electron chi connectivity index (χ0n) is 17.2. The molecule has 162 valence electrons. The van der Waals surface area contributed by atoms with Crippen LogP contribution in [0.2, 0.25) is 0 Å². The molecule has 0 unspecified atom stereocenters. The number of rotatable bonds is 4. The second-order valence-electron chi connectivity index (χ2n) is 7.35. The molecule has 0 aliphatic carbocycles. The van der Waals surface area contributed by atoms with Crippen molar-refractivity contribution >= 4 is 41.4 Å². The Morgan fingerprint density at radius 1 is 1.10 bits per heavy atom. The van der Waals surface area contributed by atoms with E-state index in [9.17, 15) is 0 Å². The van der Waals surface area contributed by atoms with Gasteiger partial charge in [-0.05, 0) is 36.9 Å². The van der Waals surface area contributed by atoms with Gasteiger partial charge in [0, 0.05) is 50.6 Å². The molecular weight excluding hydrogens is 495 g/mol. The summed E-state index contributed by atoms with van der Waals surface area (Å²) in [6.07, 6.45) is 2.72. The molecule has 2 aromatic rings. The van der Waals surface area contributed by atoms with Crippen LogP contribution in [0.15, 0.2) is 41.5 Å². The highest BCUT2D eigenvalue weighted by Gasteiger charge is 2.15. The number of hydrogen-bond donors (Lipinski definition) is 2. The topological polar surface area (TPSA) is 88.2 Å². The van der Waals surface area contributed by atoms with Gasteiger partial charge < -0.3 is 30.3 Å². The Morgan fingerprint density at radius 3 is 2.67 bits per heavy atom. The second-order valence-corrected chi connectivity index (χ2v) is 7.35. The van der Waals surface area contributed by atoms with Gasteiger partial charge in [-0.1, -0.05) is 0 Å². The van der Waals surface area contributed by atoms with Crippen LogP contribution in [0.3, 0.4) is 0 Å². The van der Waals surface area contributed by atoms with Crippen molar-refractivity contribution in [2.75, 3.05) is 56.7 Å². The van der Waals surface area contributed by atoms with Gasteiger partial charge in [0.2, 0.25) is 0 Å². The summed E-state index contributed by atoms with van der Waals surface area (Å²) in [6, 6.07) is 9.76. The van der Waals surface area contributed by atoms with E-state index in [1.54, 1.807) is 0 Å². The molecule has 0 spiro atoms. The van der Waals surface area contributed by atoms with E-state index >= 15 is 0 Å². The van der Waals surface area contributed by atoms with E-state index in [4.69, 9.17) is 15.2 Å². The Balaban J connectivity index is 0.00000256. The maximum Gasteiger partial charge on any atom is 0.193 e. The Hall–Kier alpha value is -2.27.